The molecule has 3 aromatic heterocycles. The Morgan fingerprint density at radius 1 is 1.10 bits per heavy atom. The second kappa shape index (κ2) is 7.42. The monoisotopic (exact) mass is 418 g/mol. The molecule has 0 spiro atoms. The summed E-state index contributed by atoms with van der Waals surface area (Å²) in [7, 11) is 1.94. The van der Waals surface area contributed by atoms with Crippen molar-refractivity contribution in [3.8, 4) is 0 Å². The van der Waals surface area contributed by atoms with Gasteiger partial charge in [-0.15, -0.1) is 11.3 Å². The minimum atomic E-state index is -0.283. The van der Waals surface area contributed by atoms with Gasteiger partial charge >= 0.3 is 0 Å². The van der Waals surface area contributed by atoms with Gasteiger partial charge in [-0.3, -0.25) is 4.79 Å². The molecule has 0 bridgehead atoms. The molecule has 0 radical (unpaired) electrons. The predicted octanol–water partition coefficient (Wildman–Crippen LogP) is 4.71. The van der Waals surface area contributed by atoms with Crippen molar-refractivity contribution in [1.82, 2.24) is 19.4 Å². The first-order valence-corrected chi connectivity index (χ1v) is 10.5. The second-order valence-electron chi connectivity index (χ2n) is 7.17. The Labute approximate surface area is 176 Å². The number of halogens is 1. The number of thiophene rings is 1. The number of amides is 1. The van der Waals surface area contributed by atoms with Gasteiger partial charge in [0.25, 0.3) is 5.91 Å². The first-order chi connectivity index (χ1) is 14.6. The van der Waals surface area contributed by atoms with Crippen LogP contribution in [0.5, 0.6) is 0 Å². The van der Waals surface area contributed by atoms with E-state index in [1.807, 2.05) is 64.0 Å². The summed E-state index contributed by atoms with van der Waals surface area (Å²) in [4.78, 5) is 17.7. The standard InChI is InChI=1S/C23H19FN4OS/c1-27-18-8-3-2-7-17(18)26-22(27)13-25-23(29)20-12-21-19(9-10-30-21)28(20)14-15-5-4-6-16(24)11-15/h2-12H,13-14H2,1H3,(H,25,29). The molecule has 0 aliphatic heterocycles. The van der Waals surface area contributed by atoms with E-state index in [1.54, 1.807) is 17.4 Å². The molecular weight excluding hydrogens is 399 g/mol. The van der Waals surface area contributed by atoms with E-state index in [2.05, 4.69) is 10.3 Å². The van der Waals surface area contributed by atoms with Crippen molar-refractivity contribution in [2.24, 2.45) is 7.05 Å². The quantitative estimate of drug-likeness (QED) is 0.450. The van der Waals surface area contributed by atoms with Crippen molar-refractivity contribution in [1.29, 1.82) is 0 Å². The lowest BCUT2D eigenvalue weighted by Gasteiger charge is -2.11. The van der Waals surface area contributed by atoms with Crippen LogP contribution in [-0.2, 0) is 20.1 Å². The molecule has 30 heavy (non-hydrogen) atoms. The van der Waals surface area contributed by atoms with E-state index in [0.717, 1.165) is 32.6 Å². The van der Waals surface area contributed by atoms with Crippen molar-refractivity contribution in [2.45, 2.75) is 13.1 Å². The molecular formula is C23H19FN4OS. The maximum Gasteiger partial charge on any atom is 0.268 e. The summed E-state index contributed by atoms with van der Waals surface area (Å²) in [5, 5.41) is 4.99. The maximum absolute atomic E-state index is 13.6. The van der Waals surface area contributed by atoms with E-state index >= 15 is 0 Å². The van der Waals surface area contributed by atoms with Crippen LogP contribution in [0.15, 0.2) is 66.0 Å². The van der Waals surface area contributed by atoms with Crippen molar-refractivity contribution in [2.75, 3.05) is 0 Å². The third-order valence-corrected chi connectivity index (χ3v) is 6.13. The molecule has 3 heterocycles. The molecule has 0 atom stereocenters. The highest BCUT2D eigenvalue weighted by Gasteiger charge is 2.18. The first kappa shape index (κ1) is 18.6. The van der Waals surface area contributed by atoms with E-state index in [0.29, 0.717) is 18.8 Å². The second-order valence-corrected chi connectivity index (χ2v) is 8.12. The number of nitrogens with one attached hydrogen (secondary N) is 1. The zero-order chi connectivity index (χ0) is 20.7. The van der Waals surface area contributed by atoms with Crippen molar-refractivity contribution >= 4 is 38.5 Å². The van der Waals surface area contributed by atoms with Gasteiger partial charge in [-0.25, -0.2) is 9.37 Å². The molecule has 0 aliphatic rings. The minimum absolute atomic E-state index is 0.179. The summed E-state index contributed by atoms with van der Waals surface area (Å²) in [6, 6.07) is 18.2. The minimum Gasteiger partial charge on any atom is -0.344 e. The molecule has 150 valence electrons. The van der Waals surface area contributed by atoms with E-state index in [-0.39, 0.29) is 11.7 Å². The lowest BCUT2D eigenvalue weighted by Crippen LogP contribution is -2.27. The van der Waals surface area contributed by atoms with Gasteiger partial charge < -0.3 is 14.5 Å². The molecule has 0 saturated carbocycles. The smallest absolute Gasteiger partial charge is 0.268 e. The summed E-state index contributed by atoms with van der Waals surface area (Å²) in [6.07, 6.45) is 0. The molecule has 0 aliphatic carbocycles. The number of hydrogen-bond acceptors (Lipinski definition) is 3. The predicted molar refractivity (Wildman–Crippen MR) is 117 cm³/mol. The highest BCUT2D eigenvalue weighted by atomic mass is 32.1. The van der Waals surface area contributed by atoms with E-state index in [4.69, 9.17) is 0 Å². The van der Waals surface area contributed by atoms with Gasteiger partial charge in [-0.05, 0) is 47.3 Å². The maximum atomic E-state index is 13.6. The average Bonchev–Trinajstić information content (AvgIpc) is 3.41. The third-order valence-electron chi connectivity index (χ3n) is 5.27. The fraction of sp³-hybridized carbons (Fsp3) is 0.130. The normalized spacial score (nSPS) is 11.4. The zero-order valence-corrected chi connectivity index (χ0v) is 17.1. The molecule has 5 nitrogen and oxygen atoms in total. The third kappa shape index (κ3) is 3.27. The zero-order valence-electron chi connectivity index (χ0n) is 16.3. The van der Waals surface area contributed by atoms with Crippen LogP contribution in [-0.4, -0.2) is 20.0 Å². The van der Waals surface area contributed by atoms with Gasteiger partial charge in [0.2, 0.25) is 0 Å². The van der Waals surface area contributed by atoms with Gasteiger partial charge in [-0.2, -0.15) is 0 Å². The largest absolute Gasteiger partial charge is 0.344 e. The van der Waals surface area contributed by atoms with Gasteiger partial charge in [0.05, 0.1) is 27.8 Å². The Hall–Kier alpha value is -3.45. The van der Waals surface area contributed by atoms with Crippen LogP contribution in [0.4, 0.5) is 4.39 Å². The Bertz CT molecular complexity index is 1380. The molecule has 5 aromatic rings. The summed E-state index contributed by atoms with van der Waals surface area (Å²) in [5.74, 6) is 0.325. The van der Waals surface area contributed by atoms with Crippen LogP contribution in [0.2, 0.25) is 0 Å². The van der Waals surface area contributed by atoms with Crippen molar-refractivity contribution in [3.63, 3.8) is 0 Å². The van der Waals surface area contributed by atoms with Crippen molar-refractivity contribution < 1.29 is 9.18 Å². The molecule has 1 amide bonds. The summed E-state index contributed by atoms with van der Waals surface area (Å²) < 4.78 is 18.6. The number of carbonyl (C=O) groups is 1. The van der Waals surface area contributed by atoms with Crippen LogP contribution < -0.4 is 5.32 Å². The number of imidazole rings is 1. The molecule has 0 unspecified atom stereocenters. The molecule has 7 heteroatoms. The number of aryl methyl sites for hydroxylation is 1. The van der Waals surface area contributed by atoms with Gasteiger partial charge in [0, 0.05) is 13.6 Å². The Morgan fingerprint density at radius 2 is 1.97 bits per heavy atom. The number of benzene rings is 2. The highest BCUT2D eigenvalue weighted by molar-refractivity contribution is 7.17. The van der Waals surface area contributed by atoms with E-state index in [1.165, 1.54) is 12.1 Å². The lowest BCUT2D eigenvalue weighted by atomic mass is 10.2. The van der Waals surface area contributed by atoms with Gasteiger partial charge in [-0.1, -0.05) is 24.3 Å². The number of hydrogen-bond donors (Lipinski definition) is 1. The number of fused-ring (bicyclic) bond motifs is 2. The van der Waals surface area contributed by atoms with Gasteiger partial charge in [0.15, 0.2) is 0 Å². The number of rotatable bonds is 5. The van der Waals surface area contributed by atoms with Crippen molar-refractivity contribution in [3.05, 3.63) is 88.9 Å². The van der Waals surface area contributed by atoms with Crippen LogP contribution in [0.3, 0.4) is 0 Å². The number of para-hydroxylation sites is 2. The summed E-state index contributed by atoms with van der Waals surface area (Å²) in [5.41, 5.74) is 4.26. The fourth-order valence-corrected chi connectivity index (χ4v) is 4.58. The SMILES string of the molecule is Cn1c(CNC(=O)c2cc3sccc3n2Cc2cccc(F)c2)nc2ccccc21. The topological polar surface area (TPSA) is 51.9 Å². The highest BCUT2D eigenvalue weighted by Crippen LogP contribution is 2.26. The first-order valence-electron chi connectivity index (χ1n) is 9.60. The number of nitrogens with zero attached hydrogens (tertiary/aromatic N) is 3. The fourth-order valence-electron chi connectivity index (χ4n) is 3.76. The Balaban J connectivity index is 1.43. The number of carbonyl (C=O) groups excluding carboxylic acids is 1. The van der Waals surface area contributed by atoms with Crippen LogP contribution in [0, 0.1) is 5.82 Å². The molecule has 0 fully saturated rings. The van der Waals surface area contributed by atoms with Gasteiger partial charge in [0.1, 0.15) is 17.3 Å². The van der Waals surface area contributed by atoms with Crippen LogP contribution in [0.25, 0.3) is 21.3 Å². The Kier molecular flexibility index (Phi) is 4.59. The Morgan fingerprint density at radius 3 is 2.80 bits per heavy atom. The van der Waals surface area contributed by atoms with Crippen LogP contribution in [0.1, 0.15) is 21.9 Å². The lowest BCUT2D eigenvalue weighted by molar-refractivity contribution is 0.0941. The van der Waals surface area contributed by atoms with Crippen LogP contribution >= 0.6 is 11.3 Å². The average molecular weight is 418 g/mol. The molecule has 2 aromatic carbocycles. The summed E-state index contributed by atoms with van der Waals surface area (Å²) >= 11 is 1.58. The molecule has 0 saturated heterocycles. The van der Waals surface area contributed by atoms with E-state index < -0.39 is 0 Å². The molecule has 5 rings (SSSR count). The summed E-state index contributed by atoms with van der Waals surface area (Å²) in [6.45, 7) is 0.746. The number of aromatic nitrogens is 3. The van der Waals surface area contributed by atoms with E-state index in [9.17, 15) is 9.18 Å². The molecule has 1 N–H and O–H groups in total.